The summed E-state index contributed by atoms with van der Waals surface area (Å²) in [5.41, 5.74) is 0.710. The van der Waals surface area contributed by atoms with E-state index in [-0.39, 0.29) is 5.78 Å². The Morgan fingerprint density at radius 1 is 1.53 bits per heavy atom. The Kier molecular flexibility index (Phi) is 4.98. The van der Waals surface area contributed by atoms with Crippen LogP contribution in [0.4, 0.5) is 0 Å². The Labute approximate surface area is 90.9 Å². The summed E-state index contributed by atoms with van der Waals surface area (Å²) in [5, 5.41) is 3.28. The SMILES string of the molecule is CC(C)NCCCC(=O)c1cccnc1. The number of hydrogen-bond acceptors (Lipinski definition) is 3. The summed E-state index contributed by atoms with van der Waals surface area (Å²) in [6, 6.07) is 4.09. The van der Waals surface area contributed by atoms with Gasteiger partial charge in [0.2, 0.25) is 0 Å². The van der Waals surface area contributed by atoms with E-state index in [0.717, 1.165) is 13.0 Å². The van der Waals surface area contributed by atoms with Crippen LogP contribution in [-0.2, 0) is 0 Å². The third-order valence-electron chi connectivity index (χ3n) is 2.12. The van der Waals surface area contributed by atoms with Gasteiger partial charge in [-0.1, -0.05) is 13.8 Å². The van der Waals surface area contributed by atoms with Gasteiger partial charge in [-0.15, -0.1) is 0 Å². The molecule has 0 unspecified atom stereocenters. The van der Waals surface area contributed by atoms with Gasteiger partial charge in [-0.25, -0.2) is 0 Å². The summed E-state index contributed by atoms with van der Waals surface area (Å²) in [5.74, 6) is 0.175. The van der Waals surface area contributed by atoms with Crippen molar-refractivity contribution in [2.45, 2.75) is 32.7 Å². The van der Waals surface area contributed by atoms with E-state index in [1.807, 2.05) is 6.07 Å². The molecule has 0 amide bonds. The highest BCUT2D eigenvalue weighted by molar-refractivity contribution is 5.95. The van der Waals surface area contributed by atoms with Gasteiger partial charge in [-0.2, -0.15) is 0 Å². The van der Waals surface area contributed by atoms with Crippen LogP contribution in [0.25, 0.3) is 0 Å². The maximum absolute atomic E-state index is 11.6. The van der Waals surface area contributed by atoms with Crippen LogP contribution in [0.2, 0.25) is 0 Å². The molecule has 1 N–H and O–H groups in total. The zero-order valence-corrected chi connectivity index (χ0v) is 9.36. The van der Waals surface area contributed by atoms with Gasteiger partial charge in [0.15, 0.2) is 5.78 Å². The van der Waals surface area contributed by atoms with Crippen molar-refractivity contribution in [1.29, 1.82) is 0 Å². The lowest BCUT2D eigenvalue weighted by Crippen LogP contribution is -2.24. The van der Waals surface area contributed by atoms with Gasteiger partial charge in [-0.05, 0) is 25.1 Å². The van der Waals surface area contributed by atoms with Crippen LogP contribution in [0.15, 0.2) is 24.5 Å². The molecule has 1 heterocycles. The summed E-state index contributed by atoms with van der Waals surface area (Å²) >= 11 is 0. The third kappa shape index (κ3) is 4.70. The summed E-state index contributed by atoms with van der Waals surface area (Å²) < 4.78 is 0. The molecule has 0 bridgehead atoms. The Balaban J connectivity index is 2.25. The number of pyridine rings is 1. The minimum atomic E-state index is 0.175. The molecule has 1 aromatic heterocycles. The molecule has 0 saturated carbocycles. The van der Waals surface area contributed by atoms with E-state index in [1.54, 1.807) is 18.5 Å². The molecule has 0 atom stereocenters. The number of rotatable bonds is 6. The van der Waals surface area contributed by atoms with Crippen molar-refractivity contribution in [3.8, 4) is 0 Å². The molecule has 0 aromatic carbocycles. The van der Waals surface area contributed by atoms with Crippen molar-refractivity contribution in [1.82, 2.24) is 10.3 Å². The lowest BCUT2D eigenvalue weighted by atomic mass is 10.1. The van der Waals surface area contributed by atoms with Gasteiger partial charge >= 0.3 is 0 Å². The molecule has 1 rings (SSSR count). The van der Waals surface area contributed by atoms with E-state index in [4.69, 9.17) is 0 Å². The molecule has 0 fully saturated rings. The monoisotopic (exact) mass is 206 g/mol. The predicted molar refractivity (Wildman–Crippen MR) is 60.9 cm³/mol. The van der Waals surface area contributed by atoms with E-state index in [9.17, 15) is 4.79 Å². The first-order valence-electron chi connectivity index (χ1n) is 5.37. The number of hydrogen-bond donors (Lipinski definition) is 1. The predicted octanol–water partition coefficient (Wildman–Crippen LogP) is 2.04. The average Bonchev–Trinajstić information content (AvgIpc) is 2.25. The second kappa shape index (κ2) is 6.30. The van der Waals surface area contributed by atoms with Crippen LogP contribution in [0, 0.1) is 0 Å². The highest BCUT2D eigenvalue weighted by Crippen LogP contribution is 2.02. The topological polar surface area (TPSA) is 42.0 Å². The van der Waals surface area contributed by atoms with Gasteiger partial charge in [0, 0.05) is 30.4 Å². The normalized spacial score (nSPS) is 10.6. The fraction of sp³-hybridized carbons (Fsp3) is 0.500. The molecular weight excluding hydrogens is 188 g/mol. The fourth-order valence-corrected chi connectivity index (χ4v) is 1.31. The van der Waals surface area contributed by atoms with Gasteiger partial charge < -0.3 is 5.32 Å². The average molecular weight is 206 g/mol. The Bertz CT molecular complexity index is 296. The summed E-state index contributed by atoms with van der Waals surface area (Å²) in [4.78, 5) is 15.5. The van der Waals surface area contributed by atoms with Crippen molar-refractivity contribution in [3.63, 3.8) is 0 Å². The van der Waals surface area contributed by atoms with Crippen LogP contribution >= 0.6 is 0 Å². The largest absolute Gasteiger partial charge is 0.315 e. The molecule has 15 heavy (non-hydrogen) atoms. The Morgan fingerprint density at radius 3 is 2.93 bits per heavy atom. The Morgan fingerprint density at radius 2 is 2.33 bits per heavy atom. The fourth-order valence-electron chi connectivity index (χ4n) is 1.31. The number of aromatic nitrogens is 1. The number of ketones is 1. The third-order valence-corrected chi connectivity index (χ3v) is 2.12. The molecule has 0 saturated heterocycles. The van der Waals surface area contributed by atoms with Crippen LogP contribution < -0.4 is 5.32 Å². The molecule has 0 aliphatic heterocycles. The maximum Gasteiger partial charge on any atom is 0.164 e. The lowest BCUT2D eigenvalue weighted by Gasteiger charge is -2.06. The second-order valence-electron chi connectivity index (χ2n) is 3.88. The maximum atomic E-state index is 11.6. The lowest BCUT2D eigenvalue weighted by molar-refractivity contribution is 0.0979. The van der Waals surface area contributed by atoms with Crippen molar-refractivity contribution >= 4 is 5.78 Å². The van der Waals surface area contributed by atoms with Crippen LogP contribution in [0.1, 0.15) is 37.0 Å². The van der Waals surface area contributed by atoms with E-state index in [1.165, 1.54) is 0 Å². The first kappa shape index (κ1) is 11.9. The summed E-state index contributed by atoms with van der Waals surface area (Å²) in [6.07, 6.45) is 4.77. The zero-order valence-electron chi connectivity index (χ0n) is 9.36. The molecular formula is C12H18N2O. The van der Waals surface area contributed by atoms with Gasteiger partial charge in [-0.3, -0.25) is 9.78 Å². The molecule has 0 radical (unpaired) electrons. The number of nitrogens with zero attached hydrogens (tertiary/aromatic N) is 1. The molecule has 0 aliphatic rings. The molecule has 0 spiro atoms. The highest BCUT2D eigenvalue weighted by atomic mass is 16.1. The molecule has 1 aromatic rings. The standard InChI is InChI=1S/C12H18N2O/c1-10(2)14-8-4-6-12(15)11-5-3-7-13-9-11/h3,5,7,9-10,14H,4,6,8H2,1-2H3. The summed E-state index contributed by atoms with van der Waals surface area (Å²) in [6.45, 7) is 5.09. The van der Waals surface area contributed by atoms with E-state index in [2.05, 4.69) is 24.1 Å². The van der Waals surface area contributed by atoms with E-state index >= 15 is 0 Å². The van der Waals surface area contributed by atoms with Gasteiger partial charge in [0.1, 0.15) is 0 Å². The van der Waals surface area contributed by atoms with E-state index < -0.39 is 0 Å². The quantitative estimate of drug-likeness (QED) is 0.572. The molecule has 3 heteroatoms. The number of Topliss-reactive ketones (excluding diaryl/α,β-unsaturated/α-hetero) is 1. The Hall–Kier alpha value is -1.22. The molecule has 3 nitrogen and oxygen atoms in total. The van der Waals surface area contributed by atoms with Crippen molar-refractivity contribution in [2.75, 3.05) is 6.54 Å². The first-order chi connectivity index (χ1) is 7.20. The summed E-state index contributed by atoms with van der Waals surface area (Å²) in [7, 11) is 0. The molecule has 0 aliphatic carbocycles. The van der Waals surface area contributed by atoms with Gasteiger partial charge in [0.25, 0.3) is 0 Å². The number of carbonyl (C=O) groups excluding carboxylic acids is 1. The van der Waals surface area contributed by atoms with Crippen LogP contribution in [0.5, 0.6) is 0 Å². The van der Waals surface area contributed by atoms with Gasteiger partial charge in [0.05, 0.1) is 0 Å². The minimum absolute atomic E-state index is 0.175. The van der Waals surface area contributed by atoms with Crippen LogP contribution in [-0.4, -0.2) is 23.4 Å². The number of carbonyl (C=O) groups is 1. The molecule has 82 valence electrons. The van der Waals surface area contributed by atoms with Crippen molar-refractivity contribution in [3.05, 3.63) is 30.1 Å². The second-order valence-corrected chi connectivity index (χ2v) is 3.88. The van der Waals surface area contributed by atoms with Crippen molar-refractivity contribution in [2.24, 2.45) is 0 Å². The van der Waals surface area contributed by atoms with Crippen LogP contribution in [0.3, 0.4) is 0 Å². The highest BCUT2D eigenvalue weighted by Gasteiger charge is 2.04. The first-order valence-corrected chi connectivity index (χ1v) is 5.37. The van der Waals surface area contributed by atoms with E-state index in [0.29, 0.717) is 18.0 Å². The smallest absolute Gasteiger partial charge is 0.164 e. The minimum Gasteiger partial charge on any atom is -0.315 e. The van der Waals surface area contributed by atoms with Crippen molar-refractivity contribution < 1.29 is 4.79 Å². The zero-order chi connectivity index (χ0) is 11.1. The number of nitrogens with one attached hydrogen (secondary N) is 1.